The molecule has 1 aliphatic rings. The highest BCUT2D eigenvalue weighted by Gasteiger charge is 2.16. The highest BCUT2D eigenvalue weighted by molar-refractivity contribution is 6.00. The first kappa shape index (κ1) is 22.5. The number of aryl methyl sites for hydroxylation is 1. The Labute approximate surface area is 203 Å². The number of para-hydroxylation sites is 2. The van der Waals surface area contributed by atoms with Crippen molar-refractivity contribution in [3.05, 3.63) is 79.1 Å². The quantitative estimate of drug-likeness (QED) is 0.398. The standard InChI is InChI=1S/C27H26N6O2/c1-3-24(34)30-20-10-11-28-22(16-20)25-18(2)8-9-19-17-29-27(32-26(19)25)31-21-6-4-5-7-23(21)33-12-14-35-15-13-33/h3-11,16-17H,1,12-15H2,2H3,(H,28,30,34)(H,29,31,32). The van der Waals surface area contributed by atoms with Crippen LogP contribution in [0.5, 0.6) is 0 Å². The Morgan fingerprint density at radius 2 is 1.94 bits per heavy atom. The van der Waals surface area contributed by atoms with Crippen LogP contribution in [0.1, 0.15) is 5.56 Å². The maximum atomic E-state index is 11.8. The van der Waals surface area contributed by atoms with Gasteiger partial charge in [0.25, 0.3) is 0 Å². The van der Waals surface area contributed by atoms with E-state index in [1.807, 2.05) is 49.5 Å². The summed E-state index contributed by atoms with van der Waals surface area (Å²) in [5.41, 5.74) is 6.09. The first-order valence-corrected chi connectivity index (χ1v) is 11.5. The summed E-state index contributed by atoms with van der Waals surface area (Å²) in [6, 6.07) is 15.8. The van der Waals surface area contributed by atoms with E-state index < -0.39 is 0 Å². The molecule has 5 rings (SSSR count). The molecule has 0 bridgehead atoms. The van der Waals surface area contributed by atoms with Crippen LogP contribution in [0.15, 0.2) is 73.6 Å². The van der Waals surface area contributed by atoms with Crippen LogP contribution in [0.2, 0.25) is 0 Å². The number of hydrogen-bond donors (Lipinski definition) is 2. The molecule has 0 radical (unpaired) electrons. The molecule has 8 nitrogen and oxygen atoms in total. The molecule has 176 valence electrons. The van der Waals surface area contributed by atoms with E-state index in [4.69, 9.17) is 9.72 Å². The van der Waals surface area contributed by atoms with Gasteiger partial charge in [-0.15, -0.1) is 0 Å². The van der Waals surface area contributed by atoms with Gasteiger partial charge in [0.15, 0.2) is 0 Å². The van der Waals surface area contributed by atoms with E-state index in [0.29, 0.717) is 30.5 Å². The van der Waals surface area contributed by atoms with Crippen LogP contribution in [-0.4, -0.2) is 47.2 Å². The number of nitrogens with zero attached hydrogens (tertiary/aromatic N) is 4. The van der Waals surface area contributed by atoms with E-state index in [-0.39, 0.29) is 5.91 Å². The molecule has 0 unspecified atom stereocenters. The molecule has 2 aromatic carbocycles. The third-order valence-electron chi connectivity index (χ3n) is 5.93. The first-order valence-electron chi connectivity index (χ1n) is 11.5. The highest BCUT2D eigenvalue weighted by Crippen LogP contribution is 2.33. The number of fused-ring (bicyclic) bond motifs is 1. The number of pyridine rings is 1. The van der Waals surface area contributed by atoms with Crippen LogP contribution in [0, 0.1) is 6.92 Å². The van der Waals surface area contributed by atoms with E-state index in [1.165, 1.54) is 6.08 Å². The molecule has 1 saturated heterocycles. The molecule has 8 heteroatoms. The second-order valence-corrected chi connectivity index (χ2v) is 8.25. The van der Waals surface area contributed by atoms with Gasteiger partial charge in [0, 0.05) is 42.1 Å². The van der Waals surface area contributed by atoms with Gasteiger partial charge >= 0.3 is 0 Å². The predicted molar refractivity (Wildman–Crippen MR) is 139 cm³/mol. The Bertz CT molecular complexity index is 1400. The molecule has 0 atom stereocenters. The number of anilines is 4. The van der Waals surface area contributed by atoms with Crippen LogP contribution < -0.4 is 15.5 Å². The smallest absolute Gasteiger partial charge is 0.247 e. The second-order valence-electron chi connectivity index (χ2n) is 8.25. The minimum atomic E-state index is -0.274. The second kappa shape index (κ2) is 9.90. The van der Waals surface area contributed by atoms with Gasteiger partial charge < -0.3 is 20.3 Å². The summed E-state index contributed by atoms with van der Waals surface area (Å²) in [6.45, 7) is 8.63. The maximum absolute atomic E-state index is 11.8. The molecule has 2 aromatic heterocycles. The first-order chi connectivity index (χ1) is 17.1. The van der Waals surface area contributed by atoms with Crippen LogP contribution in [0.3, 0.4) is 0 Å². The third kappa shape index (κ3) is 4.83. The van der Waals surface area contributed by atoms with Gasteiger partial charge in [-0.25, -0.2) is 9.97 Å². The van der Waals surface area contributed by atoms with Gasteiger partial charge in [0.2, 0.25) is 11.9 Å². The number of rotatable bonds is 6. The Morgan fingerprint density at radius 3 is 2.77 bits per heavy atom. The normalized spacial score (nSPS) is 13.5. The molecular weight excluding hydrogens is 440 g/mol. The number of morpholine rings is 1. The van der Waals surface area contributed by atoms with Crippen LogP contribution in [0.25, 0.3) is 22.2 Å². The zero-order chi connectivity index (χ0) is 24.2. The number of benzene rings is 2. The molecule has 4 aromatic rings. The van der Waals surface area contributed by atoms with E-state index in [1.54, 1.807) is 12.3 Å². The Kier molecular flexibility index (Phi) is 6.36. The van der Waals surface area contributed by atoms with Crippen molar-refractivity contribution in [2.75, 3.05) is 41.8 Å². The SMILES string of the molecule is C=CC(=O)Nc1ccnc(-c2c(C)ccc3cnc(Nc4ccccc4N4CCOCC4)nc23)c1. The van der Waals surface area contributed by atoms with Gasteiger partial charge in [-0.2, -0.15) is 0 Å². The van der Waals surface area contributed by atoms with Crippen molar-refractivity contribution in [2.45, 2.75) is 6.92 Å². The van der Waals surface area contributed by atoms with Crippen LogP contribution >= 0.6 is 0 Å². The number of hydrogen-bond acceptors (Lipinski definition) is 7. The Hall–Kier alpha value is -4.30. The van der Waals surface area contributed by atoms with Gasteiger partial charge in [0.05, 0.1) is 35.8 Å². The van der Waals surface area contributed by atoms with E-state index in [2.05, 4.69) is 38.1 Å². The molecule has 1 fully saturated rings. The lowest BCUT2D eigenvalue weighted by Gasteiger charge is -2.30. The highest BCUT2D eigenvalue weighted by atomic mass is 16.5. The fourth-order valence-electron chi connectivity index (χ4n) is 4.20. The minimum Gasteiger partial charge on any atom is -0.378 e. The summed E-state index contributed by atoms with van der Waals surface area (Å²) in [6.07, 6.45) is 4.72. The lowest BCUT2D eigenvalue weighted by molar-refractivity contribution is -0.111. The van der Waals surface area contributed by atoms with E-state index in [9.17, 15) is 4.79 Å². The number of amides is 1. The predicted octanol–water partition coefficient (Wildman–Crippen LogP) is 4.70. The minimum absolute atomic E-state index is 0.274. The van der Waals surface area contributed by atoms with E-state index >= 15 is 0 Å². The number of aromatic nitrogens is 3. The summed E-state index contributed by atoms with van der Waals surface area (Å²) >= 11 is 0. The topological polar surface area (TPSA) is 92.3 Å². The van der Waals surface area contributed by atoms with Gasteiger partial charge in [-0.3, -0.25) is 9.78 Å². The average molecular weight is 467 g/mol. The fraction of sp³-hybridized carbons (Fsp3) is 0.185. The Balaban J connectivity index is 1.53. The van der Waals surface area contributed by atoms with Gasteiger partial charge in [0.1, 0.15) is 0 Å². The lowest BCUT2D eigenvalue weighted by Crippen LogP contribution is -2.36. The zero-order valence-corrected chi connectivity index (χ0v) is 19.5. The molecule has 1 amide bonds. The molecule has 35 heavy (non-hydrogen) atoms. The van der Waals surface area contributed by atoms with E-state index in [0.717, 1.165) is 46.5 Å². The van der Waals surface area contributed by atoms with Crippen LogP contribution in [-0.2, 0) is 9.53 Å². The molecule has 1 aliphatic heterocycles. The summed E-state index contributed by atoms with van der Waals surface area (Å²) < 4.78 is 5.51. The van der Waals surface area contributed by atoms with Crippen LogP contribution in [0.4, 0.5) is 23.0 Å². The molecule has 0 saturated carbocycles. The number of carbonyl (C=O) groups excluding carboxylic acids is 1. The van der Waals surface area contributed by atoms with Crippen molar-refractivity contribution in [1.29, 1.82) is 0 Å². The molecular formula is C27H26N6O2. The van der Waals surface area contributed by atoms with Gasteiger partial charge in [-0.1, -0.05) is 30.8 Å². The average Bonchev–Trinajstić information content (AvgIpc) is 2.89. The van der Waals surface area contributed by atoms with Crippen molar-refractivity contribution >= 4 is 39.8 Å². The summed E-state index contributed by atoms with van der Waals surface area (Å²) in [4.78, 5) is 28.1. The number of nitrogens with one attached hydrogen (secondary N) is 2. The van der Waals surface area contributed by atoms with Crippen molar-refractivity contribution in [1.82, 2.24) is 15.0 Å². The number of carbonyl (C=O) groups is 1. The van der Waals surface area contributed by atoms with Crippen molar-refractivity contribution < 1.29 is 9.53 Å². The molecule has 0 spiro atoms. The lowest BCUT2D eigenvalue weighted by atomic mass is 10.0. The maximum Gasteiger partial charge on any atom is 0.247 e. The molecule has 2 N–H and O–H groups in total. The summed E-state index contributed by atoms with van der Waals surface area (Å²) in [7, 11) is 0. The van der Waals surface area contributed by atoms with Crippen molar-refractivity contribution in [3.63, 3.8) is 0 Å². The summed E-state index contributed by atoms with van der Waals surface area (Å²) in [5.74, 6) is 0.228. The Morgan fingerprint density at radius 1 is 1.11 bits per heavy atom. The monoisotopic (exact) mass is 466 g/mol. The third-order valence-corrected chi connectivity index (χ3v) is 5.93. The number of ether oxygens (including phenoxy) is 1. The largest absolute Gasteiger partial charge is 0.378 e. The molecule has 0 aliphatic carbocycles. The van der Waals surface area contributed by atoms with Gasteiger partial charge in [-0.05, 0) is 42.8 Å². The fourth-order valence-corrected chi connectivity index (χ4v) is 4.20. The molecule has 3 heterocycles. The zero-order valence-electron chi connectivity index (χ0n) is 19.5. The van der Waals surface area contributed by atoms with Crippen molar-refractivity contribution in [2.24, 2.45) is 0 Å². The summed E-state index contributed by atoms with van der Waals surface area (Å²) in [5, 5.41) is 7.11. The van der Waals surface area contributed by atoms with Crippen molar-refractivity contribution in [3.8, 4) is 11.3 Å².